The third kappa shape index (κ3) is 2.97. The van der Waals surface area contributed by atoms with Gasteiger partial charge in [-0.1, -0.05) is 24.4 Å². The van der Waals surface area contributed by atoms with Crippen LogP contribution < -0.4 is 11.1 Å². The number of pyridine rings is 2. The summed E-state index contributed by atoms with van der Waals surface area (Å²) in [6.45, 7) is 0. The maximum atomic E-state index is 6.26. The molecule has 5 nitrogen and oxygen atoms in total. The maximum Gasteiger partial charge on any atom is 0.137 e. The van der Waals surface area contributed by atoms with Crippen molar-refractivity contribution in [1.82, 2.24) is 15.0 Å². The first-order valence-corrected chi connectivity index (χ1v) is 8.71. The first-order chi connectivity index (χ1) is 11.7. The highest BCUT2D eigenvalue weighted by atomic mass is 35.5. The maximum absolute atomic E-state index is 6.26. The van der Waals surface area contributed by atoms with Crippen LogP contribution >= 0.6 is 11.6 Å². The number of nitrogens with two attached hydrogens (primary N) is 1. The van der Waals surface area contributed by atoms with Gasteiger partial charge in [0.1, 0.15) is 16.6 Å². The fourth-order valence-corrected chi connectivity index (χ4v) is 3.66. The van der Waals surface area contributed by atoms with E-state index in [0.717, 1.165) is 40.8 Å². The van der Waals surface area contributed by atoms with E-state index in [0.29, 0.717) is 5.15 Å². The van der Waals surface area contributed by atoms with Crippen molar-refractivity contribution in [3.8, 4) is 11.1 Å². The number of hydrogen-bond acceptors (Lipinski definition) is 4. The minimum atomic E-state index is 0.167. The summed E-state index contributed by atoms with van der Waals surface area (Å²) in [5, 5.41) is 5.02. The molecule has 3 aromatic rings. The van der Waals surface area contributed by atoms with Crippen molar-refractivity contribution < 1.29 is 0 Å². The molecule has 0 saturated heterocycles. The molecule has 1 saturated carbocycles. The first-order valence-electron chi connectivity index (χ1n) is 8.33. The average molecular weight is 342 g/mol. The Balaban J connectivity index is 1.68. The van der Waals surface area contributed by atoms with Gasteiger partial charge in [0.05, 0.1) is 0 Å². The number of nitrogens with one attached hydrogen (secondary N) is 2. The van der Waals surface area contributed by atoms with Crippen LogP contribution in [0.2, 0.25) is 5.15 Å². The molecule has 0 amide bonds. The molecule has 4 N–H and O–H groups in total. The Bertz CT molecular complexity index is 859. The molecule has 0 spiro atoms. The van der Waals surface area contributed by atoms with Gasteiger partial charge in [0.15, 0.2) is 0 Å². The highest BCUT2D eigenvalue weighted by molar-refractivity contribution is 6.29. The van der Waals surface area contributed by atoms with E-state index in [1.54, 1.807) is 6.20 Å². The molecule has 0 radical (unpaired) electrons. The van der Waals surface area contributed by atoms with Crippen molar-refractivity contribution in [1.29, 1.82) is 0 Å². The lowest BCUT2D eigenvalue weighted by Crippen LogP contribution is -2.42. The van der Waals surface area contributed by atoms with Crippen molar-refractivity contribution in [3.63, 3.8) is 0 Å². The predicted molar refractivity (Wildman–Crippen MR) is 98.2 cm³/mol. The van der Waals surface area contributed by atoms with Crippen molar-refractivity contribution in [2.75, 3.05) is 5.32 Å². The zero-order valence-electron chi connectivity index (χ0n) is 13.3. The Hall–Kier alpha value is -2.11. The molecule has 0 unspecified atom stereocenters. The van der Waals surface area contributed by atoms with E-state index in [2.05, 4.69) is 20.3 Å². The molecule has 0 aromatic carbocycles. The van der Waals surface area contributed by atoms with E-state index in [1.165, 1.54) is 12.8 Å². The molecule has 3 aromatic heterocycles. The van der Waals surface area contributed by atoms with E-state index < -0.39 is 0 Å². The van der Waals surface area contributed by atoms with Gasteiger partial charge in [0.2, 0.25) is 0 Å². The normalized spacial score (nSPS) is 21.1. The third-order valence-corrected chi connectivity index (χ3v) is 4.90. The number of aromatic amines is 1. The van der Waals surface area contributed by atoms with Crippen LogP contribution in [0.4, 0.5) is 5.82 Å². The highest BCUT2D eigenvalue weighted by Crippen LogP contribution is 2.31. The number of aromatic nitrogens is 3. The molecule has 6 heteroatoms. The molecule has 1 fully saturated rings. The number of halogens is 1. The topological polar surface area (TPSA) is 79.6 Å². The molecule has 24 heavy (non-hydrogen) atoms. The quantitative estimate of drug-likeness (QED) is 0.630. The minimum absolute atomic E-state index is 0.167. The molecule has 2 atom stereocenters. The largest absolute Gasteiger partial charge is 0.366 e. The van der Waals surface area contributed by atoms with Gasteiger partial charge in [-0.05, 0) is 42.7 Å². The second-order valence-electron chi connectivity index (χ2n) is 6.36. The summed E-state index contributed by atoms with van der Waals surface area (Å²) < 4.78 is 0. The molecule has 4 rings (SSSR count). The van der Waals surface area contributed by atoms with Crippen LogP contribution in [0.25, 0.3) is 22.2 Å². The molecule has 3 heterocycles. The smallest absolute Gasteiger partial charge is 0.137 e. The molecule has 1 aliphatic carbocycles. The average Bonchev–Trinajstić information content (AvgIpc) is 3.01. The Morgan fingerprint density at radius 2 is 2.12 bits per heavy atom. The van der Waals surface area contributed by atoms with Crippen LogP contribution in [0, 0.1) is 0 Å². The van der Waals surface area contributed by atoms with Crippen LogP contribution in [0.3, 0.4) is 0 Å². The summed E-state index contributed by atoms with van der Waals surface area (Å²) in [5.41, 5.74) is 9.18. The van der Waals surface area contributed by atoms with Gasteiger partial charge >= 0.3 is 0 Å². The van der Waals surface area contributed by atoms with Gasteiger partial charge in [0, 0.05) is 35.4 Å². The molecule has 0 aliphatic heterocycles. The zero-order valence-corrected chi connectivity index (χ0v) is 14.1. The minimum Gasteiger partial charge on any atom is -0.366 e. The van der Waals surface area contributed by atoms with Crippen LogP contribution in [-0.4, -0.2) is 27.0 Å². The summed E-state index contributed by atoms with van der Waals surface area (Å²) in [7, 11) is 0. The standard InChI is InChI=1S/C18H20ClN5/c19-16-8-11(13-10-22-18-12(13)4-3-7-21-18)9-17(24-16)23-15-6-2-1-5-14(15)20/h3-4,7-10,14-15H,1-2,5-6,20H2,(H,21,22)(H,23,24)/t14-,15+/m1/s1. The number of nitrogens with zero attached hydrogens (tertiary/aromatic N) is 2. The second-order valence-corrected chi connectivity index (χ2v) is 6.75. The lowest BCUT2D eigenvalue weighted by molar-refractivity contribution is 0.403. The fourth-order valence-electron chi connectivity index (χ4n) is 3.45. The SMILES string of the molecule is N[C@@H]1CCCC[C@@H]1Nc1cc(-c2c[nH]c3ncccc23)cc(Cl)n1. The van der Waals surface area contributed by atoms with Crippen molar-refractivity contribution in [2.24, 2.45) is 5.73 Å². The number of fused-ring (bicyclic) bond motifs is 1. The Morgan fingerprint density at radius 3 is 3.00 bits per heavy atom. The Morgan fingerprint density at radius 1 is 1.25 bits per heavy atom. The van der Waals surface area contributed by atoms with Crippen LogP contribution in [0.5, 0.6) is 0 Å². The van der Waals surface area contributed by atoms with E-state index >= 15 is 0 Å². The van der Waals surface area contributed by atoms with E-state index in [-0.39, 0.29) is 12.1 Å². The highest BCUT2D eigenvalue weighted by Gasteiger charge is 2.22. The monoisotopic (exact) mass is 341 g/mol. The third-order valence-electron chi connectivity index (χ3n) is 4.71. The first kappa shape index (κ1) is 15.4. The van der Waals surface area contributed by atoms with Crippen molar-refractivity contribution >= 4 is 28.5 Å². The summed E-state index contributed by atoms with van der Waals surface area (Å²) in [4.78, 5) is 12.0. The van der Waals surface area contributed by atoms with Crippen LogP contribution in [0.15, 0.2) is 36.7 Å². The molecular weight excluding hydrogens is 322 g/mol. The van der Waals surface area contributed by atoms with Crippen LogP contribution in [0.1, 0.15) is 25.7 Å². The van der Waals surface area contributed by atoms with Gasteiger partial charge in [-0.2, -0.15) is 0 Å². The van der Waals surface area contributed by atoms with Gasteiger partial charge in [0.25, 0.3) is 0 Å². The summed E-state index contributed by atoms with van der Waals surface area (Å²) in [6, 6.07) is 8.31. The second kappa shape index (κ2) is 6.42. The lowest BCUT2D eigenvalue weighted by Gasteiger charge is -2.29. The van der Waals surface area contributed by atoms with Gasteiger partial charge < -0.3 is 16.0 Å². The summed E-state index contributed by atoms with van der Waals surface area (Å²) >= 11 is 6.26. The van der Waals surface area contributed by atoms with Gasteiger partial charge in [-0.25, -0.2) is 9.97 Å². The number of rotatable bonds is 3. The van der Waals surface area contributed by atoms with E-state index in [4.69, 9.17) is 17.3 Å². The van der Waals surface area contributed by atoms with E-state index in [9.17, 15) is 0 Å². The van der Waals surface area contributed by atoms with Crippen molar-refractivity contribution in [3.05, 3.63) is 41.8 Å². The van der Waals surface area contributed by atoms with Gasteiger partial charge in [-0.3, -0.25) is 0 Å². The molecule has 1 aliphatic rings. The Kier molecular flexibility index (Phi) is 4.12. The predicted octanol–water partition coefficient (Wildman–Crippen LogP) is 3.96. The van der Waals surface area contributed by atoms with E-state index in [1.807, 2.05) is 30.5 Å². The van der Waals surface area contributed by atoms with Crippen molar-refractivity contribution in [2.45, 2.75) is 37.8 Å². The van der Waals surface area contributed by atoms with Gasteiger partial charge in [-0.15, -0.1) is 0 Å². The zero-order chi connectivity index (χ0) is 16.5. The fraction of sp³-hybridized carbons (Fsp3) is 0.333. The Labute approximate surface area is 145 Å². The molecule has 0 bridgehead atoms. The lowest BCUT2D eigenvalue weighted by atomic mass is 9.91. The summed E-state index contributed by atoms with van der Waals surface area (Å²) in [5.74, 6) is 0.776. The molecule has 124 valence electrons. The number of H-pyrrole nitrogens is 1. The number of anilines is 1. The van der Waals surface area contributed by atoms with Crippen LogP contribution in [-0.2, 0) is 0 Å². The number of hydrogen-bond donors (Lipinski definition) is 3. The molecular formula is C18H20ClN5. The summed E-state index contributed by atoms with van der Waals surface area (Å²) in [6.07, 6.45) is 8.27.